The second-order valence-corrected chi connectivity index (χ2v) is 6.71. The Kier molecular flexibility index (Phi) is 4.12. The number of nitrogens with one attached hydrogen (secondary N) is 1. The smallest absolute Gasteiger partial charge is 0.226 e. The van der Waals surface area contributed by atoms with Crippen LogP contribution in [-0.4, -0.2) is 24.1 Å². The number of methoxy groups -OCH3 is 1. The largest absolute Gasteiger partial charge is 0.493 e. The fourth-order valence-electron chi connectivity index (χ4n) is 2.66. The second kappa shape index (κ2) is 6.08. The Morgan fingerprint density at radius 1 is 1.39 bits per heavy atom. The van der Waals surface area contributed by atoms with Gasteiger partial charge in [-0.05, 0) is 31.5 Å². The molecule has 3 N–H and O–H groups in total. The molecule has 6 nitrogen and oxygen atoms in total. The van der Waals surface area contributed by atoms with Gasteiger partial charge in [-0.15, -0.1) is 0 Å². The van der Waals surface area contributed by atoms with E-state index in [-0.39, 0.29) is 17.9 Å². The maximum atomic E-state index is 12.0. The molecule has 3 rings (SSSR count). The van der Waals surface area contributed by atoms with Crippen molar-refractivity contribution >= 4 is 28.2 Å². The number of anilines is 2. The predicted molar refractivity (Wildman–Crippen MR) is 90.4 cm³/mol. The van der Waals surface area contributed by atoms with Crippen molar-refractivity contribution in [2.75, 3.05) is 18.2 Å². The highest BCUT2D eigenvalue weighted by Crippen LogP contribution is 2.43. The van der Waals surface area contributed by atoms with Gasteiger partial charge in [-0.1, -0.05) is 17.4 Å². The number of carbonyl (C=O) groups is 1. The summed E-state index contributed by atoms with van der Waals surface area (Å²) >= 11 is 1.40. The Labute approximate surface area is 138 Å². The van der Waals surface area contributed by atoms with E-state index in [1.165, 1.54) is 11.3 Å². The molecule has 1 aromatic carbocycles. The molecule has 2 aromatic rings. The zero-order chi connectivity index (χ0) is 16.6. The summed E-state index contributed by atoms with van der Waals surface area (Å²) in [4.78, 5) is 17.1. The Bertz CT molecular complexity index is 742. The van der Waals surface area contributed by atoms with Crippen LogP contribution >= 0.6 is 11.3 Å². The summed E-state index contributed by atoms with van der Waals surface area (Å²) in [6.45, 7) is 3.92. The van der Waals surface area contributed by atoms with Crippen LogP contribution in [0, 0.1) is 0 Å². The predicted octanol–water partition coefficient (Wildman–Crippen LogP) is 3.00. The Hall–Kier alpha value is -2.28. The van der Waals surface area contributed by atoms with E-state index in [1.54, 1.807) is 7.11 Å². The van der Waals surface area contributed by atoms with E-state index in [0.29, 0.717) is 28.9 Å². The van der Waals surface area contributed by atoms with Crippen molar-refractivity contribution in [2.24, 2.45) is 0 Å². The molecule has 1 atom stereocenters. The summed E-state index contributed by atoms with van der Waals surface area (Å²) in [5.41, 5.74) is 6.78. The lowest BCUT2D eigenvalue weighted by Gasteiger charge is -2.23. The number of hydrogen-bond acceptors (Lipinski definition) is 6. The Balaban J connectivity index is 2.03. The summed E-state index contributed by atoms with van der Waals surface area (Å²) in [7, 11) is 1.61. The average molecular weight is 333 g/mol. The third-order valence-electron chi connectivity index (χ3n) is 3.59. The van der Waals surface area contributed by atoms with Crippen LogP contribution in [0.25, 0.3) is 0 Å². The Morgan fingerprint density at radius 3 is 2.87 bits per heavy atom. The summed E-state index contributed by atoms with van der Waals surface area (Å²) in [5, 5.41) is 3.23. The van der Waals surface area contributed by atoms with Crippen LogP contribution in [0.4, 0.5) is 10.9 Å². The minimum atomic E-state index is -0.0750. The lowest BCUT2D eigenvalue weighted by atomic mass is 9.91. The van der Waals surface area contributed by atoms with Gasteiger partial charge in [0.1, 0.15) is 5.82 Å². The first-order valence-electron chi connectivity index (χ1n) is 7.38. The summed E-state index contributed by atoms with van der Waals surface area (Å²) in [6.07, 6.45) is 0.394. The lowest BCUT2D eigenvalue weighted by molar-refractivity contribution is -0.116. The van der Waals surface area contributed by atoms with E-state index < -0.39 is 0 Å². The number of fused-ring (bicyclic) bond motifs is 1. The molecule has 0 saturated heterocycles. The molecule has 1 amide bonds. The topological polar surface area (TPSA) is 86.5 Å². The minimum absolute atomic E-state index is 0.0309. The molecule has 0 unspecified atom stereocenters. The van der Waals surface area contributed by atoms with Gasteiger partial charge in [0.05, 0.1) is 18.1 Å². The number of thiazole rings is 1. The first-order valence-corrected chi connectivity index (χ1v) is 8.20. The van der Waals surface area contributed by atoms with Crippen LogP contribution in [-0.2, 0) is 4.79 Å². The molecular formula is C16H19N3O3S. The molecule has 0 saturated carbocycles. The standard InChI is InChI=1S/C16H19N3O3S/c1-8(2)22-12-6-9(4-5-11(12)21-3)10-7-13(20)18-15-14(10)23-16(17)19-15/h4-6,8,10H,7H2,1-3H3,(H2,17,19)(H,18,20)/t10-/m0/s1. The van der Waals surface area contributed by atoms with Crippen LogP contribution in [0.5, 0.6) is 11.5 Å². The number of nitrogens with two attached hydrogens (primary N) is 1. The number of nitrogens with zero attached hydrogens (tertiary/aromatic N) is 1. The first kappa shape index (κ1) is 15.6. The molecule has 0 fully saturated rings. The van der Waals surface area contributed by atoms with E-state index in [1.807, 2.05) is 32.0 Å². The van der Waals surface area contributed by atoms with E-state index in [4.69, 9.17) is 15.2 Å². The van der Waals surface area contributed by atoms with Crippen molar-refractivity contribution in [3.63, 3.8) is 0 Å². The zero-order valence-electron chi connectivity index (χ0n) is 13.3. The molecule has 2 heterocycles. The molecule has 0 aliphatic carbocycles. The highest BCUT2D eigenvalue weighted by molar-refractivity contribution is 7.16. The third-order valence-corrected chi connectivity index (χ3v) is 4.58. The van der Waals surface area contributed by atoms with Crippen molar-refractivity contribution in [2.45, 2.75) is 32.3 Å². The molecule has 1 aromatic heterocycles. The number of nitrogen functional groups attached to an aromatic ring is 1. The van der Waals surface area contributed by atoms with Crippen LogP contribution in [0.3, 0.4) is 0 Å². The van der Waals surface area contributed by atoms with Crippen molar-refractivity contribution in [1.82, 2.24) is 4.98 Å². The van der Waals surface area contributed by atoms with Gasteiger partial charge in [0, 0.05) is 12.3 Å². The maximum absolute atomic E-state index is 12.0. The highest BCUT2D eigenvalue weighted by Gasteiger charge is 2.30. The van der Waals surface area contributed by atoms with Gasteiger partial charge in [0.15, 0.2) is 16.6 Å². The number of carbonyl (C=O) groups excluding carboxylic acids is 1. The molecule has 122 valence electrons. The van der Waals surface area contributed by atoms with Crippen molar-refractivity contribution < 1.29 is 14.3 Å². The second-order valence-electron chi connectivity index (χ2n) is 5.65. The van der Waals surface area contributed by atoms with Crippen molar-refractivity contribution in [3.8, 4) is 11.5 Å². The monoisotopic (exact) mass is 333 g/mol. The molecule has 0 radical (unpaired) electrons. The highest BCUT2D eigenvalue weighted by atomic mass is 32.1. The minimum Gasteiger partial charge on any atom is -0.493 e. The average Bonchev–Trinajstić information content (AvgIpc) is 2.85. The van der Waals surface area contributed by atoms with Crippen LogP contribution < -0.4 is 20.5 Å². The van der Waals surface area contributed by atoms with E-state index in [9.17, 15) is 4.79 Å². The zero-order valence-corrected chi connectivity index (χ0v) is 14.1. The van der Waals surface area contributed by atoms with Gasteiger partial charge in [-0.3, -0.25) is 4.79 Å². The van der Waals surface area contributed by atoms with Gasteiger partial charge in [0.2, 0.25) is 5.91 Å². The normalized spacial score (nSPS) is 16.9. The van der Waals surface area contributed by atoms with Gasteiger partial charge in [0.25, 0.3) is 0 Å². The Morgan fingerprint density at radius 2 is 2.17 bits per heavy atom. The number of ether oxygens (including phenoxy) is 2. The van der Waals surface area contributed by atoms with E-state index in [2.05, 4.69) is 10.3 Å². The number of benzene rings is 1. The van der Waals surface area contributed by atoms with Gasteiger partial charge < -0.3 is 20.5 Å². The van der Waals surface area contributed by atoms with Crippen LogP contribution in [0.15, 0.2) is 18.2 Å². The molecule has 7 heteroatoms. The summed E-state index contributed by atoms with van der Waals surface area (Å²) in [5.74, 6) is 1.77. The van der Waals surface area contributed by atoms with Crippen molar-refractivity contribution in [3.05, 3.63) is 28.6 Å². The van der Waals surface area contributed by atoms with E-state index in [0.717, 1.165) is 10.4 Å². The quantitative estimate of drug-likeness (QED) is 0.898. The summed E-state index contributed by atoms with van der Waals surface area (Å²) < 4.78 is 11.2. The van der Waals surface area contributed by atoms with Gasteiger partial charge >= 0.3 is 0 Å². The van der Waals surface area contributed by atoms with E-state index >= 15 is 0 Å². The first-order chi connectivity index (χ1) is 11.0. The molecule has 1 aliphatic heterocycles. The number of rotatable bonds is 4. The SMILES string of the molecule is COc1ccc([C@@H]2CC(=O)Nc3nc(N)sc32)cc1OC(C)C. The number of hydrogen-bond donors (Lipinski definition) is 2. The third kappa shape index (κ3) is 3.10. The fraction of sp³-hybridized carbons (Fsp3) is 0.375. The van der Waals surface area contributed by atoms with Crippen molar-refractivity contribution in [1.29, 1.82) is 0 Å². The van der Waals surface area contributed by atoms with Gasteiger partial charge in [-0.2, -0.15) is 0 Å². The van der Waals surface area contributed by atoms with Gasteiger partial charge in [-0.25, -0.2) is 4.98 Å². The lowest BCUT2D eigenvalue weighted by Crippen LogP contribution is -2.22. The molecule has 1 aliphatic rings. The molecule has 23 heavy (non-hydrogen) atoms. The van der Waals surface area contributed by atoms with Crippen LogP contribution in [0.2, 0.25) is 0 Å². The summed E-state index contributed by atoms with van der Waals surface area (Å²) in [6, 6.07) is 5.75. The molecule has 0 spiro atoms. The molecular weight excluding hydrogens is 314 g/mol. The maximum Gasteiger partial charge on any atom is 0.226 e. The molecule has 0 bridgehead atoms. The number of aromatic nitrogens is 1. The van der Waals surface area contributed by atoms with Crippen LogP contribution in [0.1, 0.15) is 36.6 Å². The fourth-order valence-corrected chi connectivity index (χ4v) is 3.58. The number of amides is 1.